The normalized spacial score (nSPS) is 18.6. The highest BCUT2D eigenvalue weighted by Gasteiger charge is 2.38. The lowest BCUT2D eigenvalue weighted by Gasteiger charge is -2.41. The monoisotopic (exact) mass is 735 g/mol. The van der Waals surface area contributed by atoms with Gasteiger partial charge in [0.05, 0.1) is 25.9 Å². The van der Waals surface area contributed by atoms with Crippen LogP contribution in [0.15, 0.2) is 102 Å². The molecular weight excluding hydrogens is 701 g/mol. The minimum Gasteiger partial charge on any atom is -0.496 e. The summed E-state index contributed by atoms with van der Waals surface area (Å²) in [6.45, 7) is 1.75. The molecule has 2 N–H and O–H groups in total. The van der Waals surface area contributed by atoms with Crippen molar-refractivity contribution >= 4 is 17.7 Å². The van der Waals surface area contributed by atoms with Crippen LogP contribution in [0.1, 0.15) is 51.9 Å². The van der Waals surface area contributed by atoms with Gasteiger partial charge in [-0.25, -0.2) is 22.0 Å². The van der Waals surface area contributed by atoms with Gasteiger partial charge >= 0.3 is 0 Å². The van der Waals surface area contributed by atoms with Crippen LogP contribution in [0.3, 0.4) is 0 Å². The molecule has 1 fully saturated rings. The van der Waals surface area contributed by atoms with Crippen LogP contribution in [0, 0.1) is 35.0 Å². The number of aliphatic hydroxyl groups is 1. The Morgan fingerprint density at radius 3 is 2.08 bits per heavy atom. The molecule has 5 aromatic carbocycles. The second-order valence-corrected chi connectivity index (χ2v) is 13.3. The van der Waals surface area contributed by atoms with Crippen LogP contribution in [0.2, 0.25) is 0 Å². The highest BCUT2D eigenvalue weighted by Crippen LogP contribution is 2.44. The van der Waals surface area contributed by atoms with Gasteiger partial charge in [0.15, 0.2) is 29.6 Å². The number of amides is 1. The zero-order valence-corrected chi connectivity index (χ0v) is 28.9. The van der Waals surface area contributed by atoms with Crippen LogP contribution >= 0.6 is 11.8 Å². The molecular formula is C40H34F5NO5S. The highest BCUT2D eigenvalue weighted by molar-refractivity contribution is 7.99. The largest absolute Gasteiger partial charge is 0.496 e. The fourth-order valence-corrected chi connectivity index (χ4v) is 7.26. The summed E-state index contributed by atoms with van der Waals surface area (Å²) in [6.07, 6.45) is -1.28. The van der Waals surface area contributed by atoms with Crippen LogP contribution in [-0.4, -0.2) is 30.0 Å². The summed E-state index contributed by atoms with van der Waals surface area (Å²) in [6, 6.07) is 29.7. The summed E-state index contributed by atoms with van der Waals surface area (Å²) in [5.41, 5.74) is 2.86. The van der Waals surface area contributed by atoms with Crippen molar-refractivity contribution < 1.29 is 46.1 Å². The van der Waals surface area contributed by atoms with Crippen LogP contribution in [0.25, 0.3) is 11.1 Å². The third-order valence-corrected chi connectivity index (χ3v) is 10.1. The topological polar surface area (TPSA) is 77.0 Å². The van der Waals surface area contributed by atoms with Crippen molar-refractivity contribution in [3.63, 3.8) is 0 Å². The number of rotatable bonds is 11. The summed E-state index contributed by atoms with van der Waals surface area (Å²) in [5, 5.41) is 11.8. The standard InChI is InChI=1S/C40H34F5NO5S/c1-22-30(21-52-31-10-6-5-9-29(31)49-2)50-40(51-38(22)25-13-11-23(20-47)12-14-25)26-17-15-24(16-18-26)28-8-4-3-7-27(28)19-46-39(48)32-33(41)35(43)37(45)36(44)34(32)42/h3-18,22,30,38,40,47H,19-21H2,1-2H3,(H,46,48). The van der Waals surface area contributed by atoms with Gasteiger partial charge in [0.25, 0.3) is 5.91 Å². The molecule has 4 unspecified atom stereocenters. The lowest BCUT2D eigenvalue weighted by Crippen LogP contribution is -2.38. The lowest BCUT2D eigenvalue weighted by molar-refractivity contribution is -0.268. The van der Waals surface area contributed by atoms with Gasteiger partial charge in [-0.2, -0.15) is 0 Å². The number of carbonyl (C=O) groups is 1. The minimum atomic E-state index is -2.34. The molecule has 0 aromatic heterocycles. The number of hydrogen-bond donors (Lipinski definition) is 2. The third-order valence-electron chi connectivity index (χ3n) is 8.98. The van der Waals surface area contributed by atoms with E-state index in [4.69, 9.17) is 14.2 Å². The third kappa shape index (κ3) is 7.70. The molecule has 1 saturated heterocycles. The average Bonchev–Trinajstić information content (AvgIpc) is 3.18. The molecule has 0 saturated carbocycles. The molecule has 6 rings (SSSR count). The van der Waals surface area contributed by atoms with Crippen molar-refractivity contribution in [2.24, 2.45) is 5.92 Å². The number of aliphatic hydroxyl groups excluding tert-OH is 1. The van der Waals surface area contributed by atoms with Gasteiger partial charge in [0, 0.05) is 28.7 Å². The maximum Gasteiger partial charge on any atom is 0.257 e. The molecule has 5 aromatic rings. The van der Waals surface area contributed by atoms with Gasteiger partial charge in [-0.15, -0.1) is 11.8 Å². The minimum absolute atomic E-state index is 0.0374. The van der Waals surface area contributed by atoms with E-state index in [1.807, 2.05) is 72.8 Å². The number of carbonyl (C=O) groups excluding carboxylic acids is 1. The first-order valence-corrected chi connectivity index (χ1v) is 17.3. The molecule has 270 valence electrons. The van der Waals surface area contributed by atoms with Gasteiger partial charge in [-0.3, -0.25) is 4.79 Å². The van der Waals surface area contributed by atoms with Gasteiger partial charge in [-0.05, 0) is 39.9 Å². The SMILES string of the molecule is COc1ccccc1SCC1OC(c2ccc(-c3ccccc3CNC(=O)c3c(F)c(F)c(F)c(F)c3F)cc2)OC(c2ccc(CO)cc2)C1C. The summed E-state index contributed by atoms with van der Waals surface area (Å²) >= 11 is 1.63. The molecule has 1 heterocycles. The molecule has 52 heavy (non-hydrogen) atoms. The Hall–Kier alpha value is -4.75. The molecule has 0 spiro atoms. The number of methoxy groups -OCH3 is 1. The van der Waals surface area contributed by atoms with E-state index in [0.29, 0.717) is 16.9 Å². The molecule has 0 radical (unpaired) electrons. The molecule has 4 atom stereocenters. The first-order valence-electron chi connectivity index (χ1n) is 16.4. The Balaban J connectivity index is 1.22. The zero-order valence-electron chi connectivity index (χ0n) is 28.0. The average molecular weight is 736 g/mol. The highest BCUT2D eigenvalue weighted by atomic mass is 32.2. The Morgan fingerprint density at radius 2 is 1.40 bits per heavy atom. The number of ether oxygens (including phenoxy) is 3. The van der Waals surface area contributed by atoms with Crippen LogP contribution in [-0.2, 0) is 22.6 Å². The number of benzene rings is 5. The number of halogens is 5. The summed E-state index contributed by atoms with van der Waals surface area (Å²) < 4.78 is 88.1. The van der Waals surface area contributed by atoms with Crippen molar-refractivity contribution in [3.05, 3.63) is 154 Å². The van der Waals surface area contributed by atoms with E-state index in [9.17, 15) is 31.9 Å². The summed E-state index contributed by atoms with van der Waals surface area (Å²) in [4.78, 5) is 13.6. The van der Waals surface area contributed by atoms with E-state index in [1.54, 1.807) is 43.1 Å². The number of nitrogens with one attached hydrogen (secondary N) is 1. The fourth-order valence-electron chi connectivity index (χ4n) is 6.06. The van der Waals surface area contributed by atoms with Gasteiger partial charge in [-0.1, -0.05) is 91.9 Å². The molecule has 12 heteroatoms. The van der Waals surface area contributed by atoms with Crippen LogP contribution < -0.4 is 10.1 Å². The van der Waals surface area contributed by atoms with E-state index in [0.717, 1.165) is 32.9 Å². The Morgan fingerprint density at radius 1 is 0.788 bits per heavy atom. The smallest absolute Gasteiger partial charge is 0.257 e. The van der Waals surface area contributed by atoms with Gasteiger partial charge < -0.3 is 24.6 Å². The second-order valence-electron chi connectivity index (χ2n) is 12.2. The number of para-hydroxylation sites is 1. The fraction of sp³-hybridized carbons (Fsp3) is 0.225. The maximum absolute atomic E-state index is 14.2. The molecule has 0 bridgehead atoms. The first kappa shape index (κ1) is 37.0. The maximum atomic E-state index is 14.2. The predicted octanol–water partition coefficient (Wildman–Crippen LogP) is 9.06. The van der Waals surface area contributed by atoms with Crippen LogP contribution in [0.5, 0.6) is 5.75 Å². The molecule has 1 aliphatic heterocycles. The van der Waals surface area contributed by atoms with Crippen molar-refractivity contribution in [1.29, 1.82) is 0 Å². The molecule has 1 aliphatic rings. The second kappa shape index (κ2) is 16.3. The van der Waals surface area contributed by atoms with Crippen molar-refractivity contribution in [2.45, 2.75) is 43.5 Å². The first-order chi connectivity index (χ1) is 25.1. The van der Waals surface area contributed by atoms with Crippen molar-refractivity contribution in [3.8, 4) is 16.9 Å². The lowest BCUT2D eigenvalue weighted by atomic mass is 9.91. The molecule has 0 aliphatic carbocycles. The Kier molecular flexibility index (Phi) is 11.6. The zero-order chi connectivity index (χ0) is 36.9. The quantitative estimate of drug-likeness (QED) is 0.0611. The van der Waals surface area contributed by atoms with E-state index in [2.05, 4.69) is 12.2 Å². The summed E-state index contributed by atoms with van der Waals surface area (Å²) in [7, 11) is 1.63. The Bertz CT molecular complexity index is 2020. The van der Waals surface area contributed by atoms with E-state index >= 15 is 0 Å². The van der Waals surface area contributed by atoms with Gasteiger partial charge in [0.2, 0.25) is 5.82 Å². The Labute approximate surface area is 301 Å². The molecule has 1 amide bonds. The summed E-state index contributed by atoms with van der Waals surface area (Å²) in [5.74, 6) is -11.2. The van der Waals surface area contributed by atoms with Crippen LogP contribution in [0.4, 0.5) is 22.0 Å². The van der Waals surface area contributed by atoms with E-state index < -0.39 is 46.8 Å². The van der Waals surface area contributed by atoms with E-state index in [1.165, 1.54) is 0 Å². The van der Waals surface area contributed by atoms with Gasteiger partial charge in [0.1, 0.15) is 11.3 Å². The van der Waals surface area contributed by atoms with Crippen molar-refractivity contribution in [1.82, 2.24) is 5.32 Å². The number of hydrogen-bond acceptors (Lipinski definition) is 6. The number of thioether (sulfide) groups is 1. The van der Waals surface area contributed by atoms with E-state index in [-0.39, 0.29) is 31.3 Å². The van der Waals surface area contributed by atoms with Crippen molar-refractivity contribution in [2.75, 3.05) is 12.9 Å². The predicted molar refractivity (Wildman–Crippen MR) is 186 cm³/mol. The molecule has 6 nitrogen and oxygen atoms in total.